The first-order valence-electron chi connectivity index (χ1n) is 9.19. The molecule has 0 saturated heterocycles. The fraction of sp³-hybridized carbons (Fsp3) is 0.600. The number of amides is 1. The SMILES string of the molecule is CN=C(NCCCCC(C)C)NCCc1cccc(C(=O)N(C)C)c1. The number of nitrogens with zero attached hydrogens (tertiary/aromatic N) is 2. The lowest BCUT2D eigenvalue weighted by Crippen LogP contribution is -2.38. The van der Waals surface area contributed by atoms with Gasteiger partial charge in [-0.05, 0) is 36.5 Å². The van der Waals surface area contributed by atoms with Crippen LogP contribution in [-0.2, 0) is 6.42 Å². The van der Waals surface area contributed by atoms with E-state index in [4.69, 9.17) is 0 Å². The standard InChI is InChI=1S/C20H34N4O/c1-16(2)9-6-7-13-22-20(21-3)23-14-12-17-10-8-11-18(15-17)19(25)24(4)5/h8,10-11,15-16H,6-7,9,12-14H2,1-5H3,(H2,21,22,23). The van der Waals surface area contributed by atoms with Crippen molar-refractivity contribution in [2.75, 3.05) is 34.2 Å². The summed E-state index contributed by atoms with van der Waals surface area (Å²) in [4.78, 5) is 17.9. The lowest BCUT2D eigenvalue weighted by atomic mass is 10.1. The zero-order valence-corrected chi connectivity index (χ0v) is 16.4. The summed E-state index contributed by atoms with van der Waals surface area (Å²) in [6.45, 7) is 6.24. The van der Waals surface area contributed by atoms with E-state index in [0.717, 1.165) is 48.9 Å². The van der Waals surface area contributed by atoms with Crippen molar-refractivity contribution in [2.45, 2.75) is 39.5 Å². The second kappa shape index (κ2) is 11.5. The molecule has 0 aliphatic rings. The van der Waals surface area contributed by atoms with Crippen LogP contribution in [0.3, 0.4) is 0 Å². The second-order valence-electron chi connectivity index (χ2n) is 6.97. The summed E-state index contributed by atoms with van der Waals surface area (Å²) in [6, 6.07) is 7.81. The Kier molecular flexibility index (Phi) is 9.66. The van der Waals surface area contributed by atoms with Gasteiger partial charge < -0.3 is 15.5 Å². The lowest BCUT2D eigenvalue weighted by Gasteiger charge is -2.13. The molecule has 25 heavy (non-hydrogen) atoms. The molecule has 0 fully saturated rings. The minimum atomic E-state index is 0.0358. The number of nitrogens with one attached hydrogen (secondary N) is 2. The quantitative estimate of drug-likeness (QED) is 0.411. The van der Waals surface area contributed by atoms with Gasteiger partial charge in [0.1, 0.15) is 0 Å². The van der Waals surface area contributed by atoms with E-state index in [-0.39, 0.29) is 5.91 Å². The maximum absolute atomic E-state index is 12.0. The largest absolute Gasteiger partial charge is 0.356 e. The highest BCUT2D eigenvalue weighted by molar-refractivity contribution is 5.94. The number of unbranched alkanes of at least 4 members (excludes halogenated alkanes) is 1. The Morgan fingerprint density at radius 1 is 1.16 bits per heavy atom. The van der Waals surface area contributed by atoms with Gasteiger partial charge in [-0.3, -0.25) is 9.79 Å². The van der Waals surface area contributed by atoms with Crippen LogP contribution in [0.25, 0.3) is 0 Å². The molecule has 0 radical (unpaired) electrons. The third-order valence-corrected chi connectivity index (χ3v) is 4.01. The van der Waals surface area contributed by atoms with E-state index < -0.39 is 0 Å². The molecule has 140 valence electrons. The maximum Gasteiger partial charge on any atom is 0.253 e. The Bertz CT molecular complexity index is 552. The number of guanidine groups is 1. The van der Waals surface area contributed by atoms with E-state index in [9.17, 15) is 4.79 Å². The van der Waals surface area contributed by atoms with Crippen LogP contribution in [0.2, 0.25) is 0 Å². The summed E-state index contributed by atoms with van der Waals surface area (Å²) < 4.78 is 0. The highest BCUT2D eigenvalue weighted by Crippen LogP contribution is 2.08. The molecule has 2 N–H and O–H groups in total. The Morgan fingerprint density at radius 3 is 2.52 bits per heavy atom. The van der Waals surface area contributed by atoms with E-state index >= 15 is 0 Å². The first kappa shape index (κ1) is 21.0. The van der Waals surface area contributed by atoms with Crippen molar-refractivity contribution in [3.05, 3.63) is 35.4 Å². The predicted octanol–water partition coefficient (Wildman–Crippen LogP) is 2.92. The average molecular weight is 347 g/mol. The third-order valence-electron chi connectivity index (χ3n) is 4.01. The van der Waals surface area contributed by atoms with Crippen molar-refractivity contribution in [1.82, 2.24) is 15.5 Å². The first-order valence-corrected chi connectivity index (χ1v) is 9.19. The van der Waals surface area contributed by atoms with Crippen molar-refractivity contribution < 1.29 is 4.79 Å². The molecule has 5 nitrogen and oxygen atoms in total. The number of carbonyl (C=O) groups excluding carboxylic acids is 1. The Morgan fingerprint density at radius 2 is 1.88 bits per heavy atom. The van der Waals surface area contributed by atoms with Gasteiger partial charge in [-0.1, -0.05) is 38.8 Å². The van der Waals surface area contributed by atoms with Crippen molar-refractivity contribution in [2.24, 2.45) is 10.9 Å². The van der Waals surface area contributed by atoms with Gasteiger partial charge in [-0.25, -0.2) is 0 Å². The Labute approximate surface area is 152 Å². The molecule has 0 atom stereocenters. The number of rotatable bonds is 9. The number of hydrogen-bond donors (Lipinski definition) is 2. The predicted molar refractivity (Wildman–Crippen MR) is 106 cm³/mol. The van der Waals surface area contributed by atoms with Crippen molar-refractivity contribution in [3.8, 4) is 0 Å². The molecule has 0 bridgehead atoms. The summed E-state index contributed by atoms with van der Waals surface area (Å²) in [5.41, 5.74) is 1.88. The molecule has 0 aliphatic carbocycles. The molecule has 1 aromatic rings. The molecule has 0 saturated carbocycles. The average Bonchev–Trinajstić information content (AvgIpc) is 2.59. The summed E-state index contributed by atoms with van der Waals surface area (Å²) >= 11 is 0. The molecule has 0 aromatic heterocycles. The summed E-state index contributed by atoms with van der Waals surface area (Å²) in [5.74, 6) is 1.64. The molecule has 0 aliphatic heterocycles. The second-order valence-corrected chi connectivity index (χ2v) is 6.97. The zero-order valence-electron chi connectivity index (χ0n) is 16.4. The zero-order chi connectivity index (χ0) is 18.7. The minimum absolute atomic E-state index is 0.0358. The molecule has 1 rings (SSSR count). The van der Waals surface area contributed by atoms with Crippen LogP contribution in [0.1, 0.15) is 49.0 Å². The number of benzene rings is 1. The van der Waals surface area contributed by atoms with E-state index in [0.29, 0.717) is 0 Å². The molecular weight excluding hydrogens is 312 g/mol. The van der Waals surface area contributed by atoms with Gasteiger partial charge >= 0.3 is 0 Å². The molecule has 0 spiro atoms. The van der Waals surface area contributed by atoms with Crippen LogP contribution in [-0.4, -0.2) is 51.0 Å². The topological polar surface area (TPSA) is 56.7 Å². The van der Waals surface area contributed by atoms with Gasteiger partial charge in [0.15, 0.2) is 5.96 Å². The van der Waals surface area contributed by atoms with E-state index in [1.807, 2.05) is 18.2 Å². The van der Waals surface area contributed by atoms with E-state index in [1.54, 1.807) is 26.0 Å². The lowest BCUT2D eigenvalue weighted by molar-refractivity contribution is 0.0827. The van der Waals surface area contributed by atoms with Crippen molar-refractivity contribution in [3.63, 3.8) is 0 Å². The highest BCUT2D eigenvalue weighted by atomic mass is 16.2. The molecule has 0 heterocycles. The van der Waals surface area contributed by atoms with Crippen molar-refractivity contribution in [1.29, 1.82) is 0 Å². The molecule has 1 aromatic carbocycles. The maximum atomic E-state index is 12.0. The van der Waals surface area contributed by atoms with Crippen LogP contribution in [0.4, 0.5) is 0 Å². The van der Waals surface area contributed by atoms with E-state index in [2.05, 4.69) is 35.5 Å². The van der Waals surface area contributed by atoms with E-state index in [1.165, 1.54) is 12.8 Å². The highest BCUT2D eigenvalue weighted by Gasteiger charge is 2.08. The van der Waals surface area contributed by atoms with Crippen molar-refractivity contribution >= 4 is 11.9 Å². The monoisotopic (exact) mass is 346 g/mol. The smallest absolute Gasteiger partial charge is 0.253 e. The van der Waals surface area contributed by atoms with Gasteiger partial charge in [-0.15, -0.1) is 0 Å². The Hall–Kier alpha value is -2.04. The summed E-state index contributed by atoms with van der Waals surface area (Å²) in [5, 5.41) is 6.68. The normalized spacial score (nSPS) is 11.5. The molecule has 0 unspecified atom stereocenters. The van der Waals surface area contributed by atoms with Crippen LogP contribution >= 0.6 is 0 Å². The molecule has 5 heteroatoms. The van der Waals surface area contributed by atoms with Gasteiger partial charge in [-0.2, -0.15) is 0 Å². The molecular formula is C20H34N4O. The van der Waals surface area contributed by atoms with Crippen LogP contribution in [0.5, 0.6) is 0 Å². The third kappa shape index (κ3) is 8.57. The number of aliphatic imine (C=N–C) groups is 1. The summed E-state index contributed by atoms with van der Waals surface area (Å²) in [7, 11) is 5.33. The number of carbonyl (C=O) groups is 1. The molecule has 1 amide bonds. The van der Waals surface area contributed by atoms with Gasteiger partial charge in [0.05, 0.1) is 0 Å². The van der Waals surface area contributed by atoms with Crippen LogP contribution in [0.15, 0.2) is 29.3 Å². The first-order chi connectivity index (χ1) is 11.9. The van der Waals surface area contributed by atoms with Gasteiger partial charge in [0, 0.05) is 39.8 Å². The fourth-order valence-corrected chi connectivity index (χ4v) is 2.55. The number of hydrogen-bond acceptors (Lipinski definition) is 2. The summed E-state index contributed by atoms with van der Waals surface area (Å²) in [6.07, 6.45) is 4.53. The van der Waals surface area contributed by atoms with Gasteiger partial charge in [0.2, 0.25) is 0 Å². The van der Waals surface area contributed by atoms with Crippen LogP contribution in [0, 0.1) is 5.92 Å². The van der Waals surface area contributed by atoms with Crippen LogP contribution < -0.4 is 10.6 Å². The minimum Gasteiger partial charge on any atom is -0.356 e. The Balaban J connectivity index is 2.35. The van der Waals surface area contributed by atoms with Gasteiger partial charge in [0.25, 0.3) is 5.91 Å². The fourth-order valence-electron chi connectivity index (χ4n) is 2.55.